The van der Waals surface area contributed by atoms with Gasteiger partial charge in [-0.3, -0.25) is 9.58 Å². The Hall–Kier alpha value is -0.940. The van der Waals surface area contributed by atoms with Gasteiger partial charge in [-0.2, -0.15) is 5.10 Å². The summed E-state index contributed by atoms with van der Waals surface area (Å²) in [7, 11) is 1.96. The van der Waals surface area contributed by atoms with E-state index < -0.39 is 0 Å². The minimum absolute atomic E-state index is 0.103. The van der Waals surface area contributed by atoms with Crippen LogP contribution in [0, 0.1) is 5.92 Å². The van der Waals surface area contributed by atoms with Crippen LogP contribution in [0.1, 0.15) is 50.8 Å². The van der Waals surface area contributed by atoms with Crippen LogP contribution in [0.4, 0.5) is 0 Å². The fourth-order valence-corrected chi connectivity index (χ4v) is 3.93. The topological polar surface area (TPSA) is 54.2 Å². The van der Waals surface area contributed by atoms with Gasteiger partial charge < -0.3 is 5.11 Å². The predicted octanol–water partition coefficient (Wildman–Crippen LogP) is 1.72. The van der Waals surface area contributed by atoms with Crippen LogP contribution in [0.25, 0.3) is 0 Å². The molecule has 0 bridgehead atoms. The van der Waals surface area contributed by atoms with Crippen molar-refractivity contribution in [1.29, 1.82) is 0 Å². The van der Waals surface area contributed by atoms with Gasteiger partial charge >= 0.3 is 0 Å². The Morgan fingerprint density at radius 1 is 1.20 bits per heavy atom. The lowest BCUT2D eigenvalue weighted by molar-refractivity contribution is -0.00978. The molecule has 1 saturated heterocycles. The summed E-state index contributed by atoms with van der Waals surface area (Å²) in [5.41, 5.74) is 0. The van der Waals surface area contributed by atoms with Gasteiger partial charge in [0.1, 0.15) is 12.2 Å². The molecule has 3 rings (SSSR count). The number of hydrogen-bond donors (Lipinski definition) is 1. The molecule has 5 heteroatoms. The second-order valence-corrected chi connectivity index (χ2v) is 6.35. The van der Waals surface area contributed by atoms with E-state index in [-0.39, 0.29) is 6.10 Å². The molecule has 2 heterocycles. The van der Waals surface area contributed by atoms with E-state index in [4.69, 9.17) is 0 Å². The molecule has 1 aliphatic carbocycles. The van der Waals surface area contributed by atoms with Gasteiger partial charge in [0.2, 0.25) is 0 Å². The summed E-state index contributed by atoms with van der Waals surface area (Å²) in [6.45, 7) is 1.99. The molecule has 0 radical (unpaired) electrons. The third kappa shape index (κ3) is 2.88. The van der Waals surface area contributed by atoms with E-state index in [1.54, 1.807) is 6.33 Å². The van der Waals surface area contributed by atoms with Crippen molar-refractivity contribution in [3.05, 3.63) is 12.2 Å². The van der Waals surface area contributed by atoms with Gasteiger partial charge in [0.05, 0.1) is 12.6 Å². The van der Waals surface area contributed by atoms with E-state index in [0.29, 0.717) is 12.0 Å². The lowest BCUT2D eigenvalue weighted by atomic mass is 9.78. The Morgan fingerprint density at radius 3 is 2.75 bits per heavy atom. The minimum atomic E-state index is -0.103. The summed E-state index contributed by atoms with van der Waals surface area (Å²) >= 11 is 0. The second-order valence-electron chi connectivity index (χ2n) is 6.35. The van der Waals surface area contributed by atoms with Gasteiger partial charge in [0.25, 0.3) is 0 Å². The number of likely N-dealkylation sites (tertiary alicyclic amines) is 1. The fraction of sp³-hybridized carbons (Fsp3) is 0.867. The number of nitrogens with zero attached hydrogens (tertiary/aromatic N) is 4. The van der Waals surface area contributed by atoms with Crippen LogP contribution in [0.15, 0.2) is 6.33 Å². The zero-order valence-corrected chi connectivity index (χ0v) is 12.4. The summed E-state index contributed by atoms with van der Waals surface area (Å²) in [4.78, 5) is 6.89. The Bertz CT molecular complexity index is 433. The molecule has 5 nitrogen and oxygen atoms in total. The van der Waals surface area contributed by atoms with E-state index >= 15 is 0 Å². The van der Waals surface area contributed by atoms with Gasteiger partial charge in [0, 0.05) is 19.0 Å². The van der Waals surface area contributed by atoms with E-state index in [0.717, 1.165) is 25.3 Å². The number of aliphatic hydroxyl groups excluding tert-OH is 1. The first-order valence-electron chi connectivity index (χ1n) is 8.00. The molecule has 112 valence electrons. The maximum atomic E-state index is 10.4. The average Bonchev–Trinajstić information content (AvgIpc) is 2.86. The molecule has 0 spiro atoms. The van der Waals surface area contributed by atoms with Crippen LogP contribution in [0.3, 0.4) is 0 Å². The third-order valence-corrected chi connectivity index (χ3v) is 5.09. The summed E-state index contributed by atoms with van der Waals surface area (Å²) in [6.07, 6.45) is 9.93. The zero-order valence-electron chi connectivity index (χ0n) is 12.4. The molecule has 3 unspecified atom stereocenters. The predicted molar refractivity (Wildman–Crippen MR) is 77.0 cm³/mol. The summed E-state index contributed by atoms with van der Waals surface area (Å²) in [5.74, 6) is 1.49. The highest BCUT2D eigenvalue weighted by molar-refractivity contribution is 4.92. The largest absolute Gasteiger partial charge is 0.393 e. The minimum Gasteiger partial charge on any atom is -0.393 e. The summed E-state index contributed by atoms with van der Waals surface area (Å²) < 4.78 is 1.86. The molecular weight excluding hydrogens is 252 g/mol. The van der Waals surface area contributed by atoms with Crippen molar-refractivity contribution in [3.8, 4) is 0 Å². The highest BCUT2D eigenvalue weighted by atomic mass is 16.3. The van der Waals surface area contributed by atoms with Crippen molar-refractivity contribution >= 4 is 0 Å². The fourth-order valence-electron chi connectivity index (χ4n) is 3.93. The molecular formula is C15H26N4O. The first kappa shape index (κ1) is 14.0. The third-order valence-electron chi connectivity index (χ3n) is 5.09. The molecule has 1 aliphatic heterocycles. The highest BCUT2D eigenvalue weighted by Gasteiger charge is 2.35. The number of aromatic nitrogens is 3. The summed E-state index contributed by atoms with van der Waals surface area (Å²) in [6, 6.07) is 0.524. The molecule has 1 saturated carbocycles. The lowest BCUT2D eigenvalue weighted by Crippen LogP contribution is -2.48. The van der Waals surface area contributed by atoms with E-state index in [9.17, 15) is 5.11 Å². The van der Waals surface area contributed by atoms with Crippen LogP contribution in [0.5, 0.6) is 0 Å². The molecule has 1 N–H and O–H groups in total. The monoisotopic (exact) mass is 278 g/mol. The van der Waals surface area contributed by atoms with Gasteiger partial charge in [-0.05, 0) is 32.2 Å². The van der Waals surface area contributed by atoms with Crippen molar-refractivity contribution in [3.63, 3.8) is 0 Å². The summed E-state index contributed by atoms with van der Waals surface area (Å²) in [5, 5.41) is 14.5. The normalized spacial score (nSPS) is 32.4. The standard InChI is InChI=1S/C15H26N4O/c1-18-15(16-11-17-18)10-19-9-5-4-7-13(19)12-6-2-3-8-14(12)20/h11-14,20H,2-10H2,1H3. The number of hydrogen-bond acceptors (Lipinski definition) is 4. The van der Waals surface area contributed by atoms with Crippen LogP contribution in [0.2, 0.25) is 0 Å². The smallest absolute Gasteiger partial charge is 0.140 e. The zero-order chi connectivity index (χ0) is 13.9. The van der Waals surface area contributed by atoms with E-state index in [1.807, 2.05) is 11.7 Å². The van der Waals surface area contributed by atoms with Crippen molar-refractivity contribution in [1.82, 2.24) is 19.7 Å². The lowest BCUT2D eigenvalue weighted by Gasteiger charge is -2.43. The molecule has 3 atom stereocenters. The van der Waals surface area contributed by atoms with Crippen LogP contribution < -0.4 is 0 Å². The molecule has 2 aliphatic rings. The maximum absolute atomic E-state index is 10.4. The number of aryl methyl sites for hydroxylation is 1. The quantitative estimate of drug-likeness (QED) is 0.914. The first-order valence-corrected chi connectivity index (χ1v) is 8.00. The van der Waals surface area contributed by atoms with Gasteiger partial charge in [-0.1, -0.05) is 19.3 Å². The molecule has 0 aromatic carbocycles. The van der Waals surface area contributed by atoms with E-state index in [2.05, 4.69) is 15.0 Å². The molecule has 1 aromatic heterocycles. The Labute approximate surface area is 121 Å². The molecule has 0 amide bonds. The Balaban J connectivity index is 1.71. The Kier molecular flexibility index (Phi) is 4.36. The van der Waals surface area contributed by atoms with Crippen LogP contribution in [-0.2, 0) is 13.6 Å². The van der Waals surface area contributed by atoms with Crippen LogP contribution in [-0.4, -0.2) is 43.5 Å². The first-order chi connectivity index (χ1) is 9.75. The average molecular weight is 278 g/mol. The molecule has 1 aromatic rings. The van der Waals surface area contributed by atoms with Crippen molar-refractivity contribution in [2.24, 2.45) is 13.0 Å². The molecule has 2 fully saturated rings. The Morgan fingerprint density at radius 2 is 2.00 bits per heavy atom. The number of aliphatic hydroxyl groups is 1. The SMILES string of the molecule is Cn1ncnc1CN1CCCCC1C1CCCCC1O. The maximum Gasteiger partial charge on any atom is 0.140 e. The van der Waals surface area contributed by atoms with Gasteiger partial charge in [-0.15, -0.1) is 0 Å². The van der Waals surface area contributed by atoms with Crippen molar-refractivity contribution in [2.75, 3.05) is 6.54 Å². The van der Waals surface area contributed by atoms with E-state index in [1.165, 1.54) is 38.5 Å². The second kappa shape index (κ2) is 6.22. The van der Waals surface area contributed by atoms with Crippen molar-refractivity contribution in [2.45, 2.75) is 63.6 Å². The van der Waals surface area contributed by atoms with Gasteiger partial charge in [0.15, 0.2) is 0 Å². The van der Waals surface area contributed by atoms with Gasteiger partial charge in [-0.25, -0.2) is 4.98 Å². The molecule has 20 heavy (non-hydrogen) atoms. The van der Waals surface area contributed by atoms with Crippen LogP contribution >= 0.6 is 0 Å². The highest BCUT2D eigenvalue weighted by Crippen LogP contribution is 2.34. The number of rotatable bonds is 3. The number of piperidine rings is 1. The van der Waals surface area contributed by atoms with Crippen molar-refractivity contribution < 1.29 is 5.11 Å².